The Morgan fingerprint density at radius 3 is 2.77 bits per heavy atom. The molecule has 2 aromatic rings. The predicted molar refractivity (Wildman–Crippen MR) is 117 cm³/mol. The summed E-state index contributed by atoms with van der Waals surface area (Å²) in [5.41, 5.74) is 1.89. The van der Waals surface area contributed by atoms with Crippen molar-refractivity contribution in [2.24, 2.45) is 4.99 Å². The Bertz CT molecular complexity index is 948. The third-order valence-electron chi connectivity index (χ3n) is 5.72. The summed E-state index contributed by atoms with van der Waals surface area (Å²) in [7, 11) is 1.65. The fraction of sp³-hybridized carbons (Fsp3) is 0.391. The lowest BCUT2D eigenvalue weighted by atomic mass is 9.85. The predicted octanol–water partition coefficient (Wildman–Crippen LogP) is 3.31. The number of rotatable bonds is 5. The Morgan fingerprint density at radius 2 is 1.97 bits per heavy atom. The zero-order chi connectivity index (χ0) is 21.0. The Kier molecular flexibility index (Phi) is 5.99. The Balaban J connectivity index is 1.58. The van der Waals surface area contributed by atoms with Gasteiger partial charge in [0.25, 0.3) is 0 Å². The number of nitrogens with one attached hydrogen (secondary N) is 2. The first-order valence-corrected chi connectivity index (χ1v) is 10.3. The van der Waals surface area contributed by atoms with Crippen LogP contribution in [0.25, 0.3) is 0 Å². The van der Waals surface area contributed by atoms with Crippen molar-refractivity contribution >= 4 is 23.1 Å². The van der Waals surface area contributed by atoms with Crippen molar-refractivity contribution in [3.63, 3.8) is 0 Å². The first-order chi connectivity index (χ1) is 14.6. The van der Waals surface area contributed by atoms with E-state index in [1.807, 2.05) is 29.2 Å². The second-order valence-electron chi connectivity index (χ2n) is 7.79. The average molecular weight is 410 g/mol. The molecule has 0 bridgehead atoms. The van der Waals surface area contributed by atoms with Crippen LogP contribution in [0.4, 0.5) is 15.8 Å². The molecule has 1 atom stereocenters. The maximum atomic E-state index is 14.0. The molecule has 30 heavy (non-hydrogen) atoms. The maximum absolute atomic E-state index is 14.0. The molecule has 0 aliphatic carbocycles. The van der Waals surface area contributed by atoms with Crippen LogP contribution in [-0.2, 0) is 16.0 Å². The number of piperidine rings is 1. The number of hydrogen-bond donors (Lipinski definition) is 2. The monoisotopic (exact) mass is 410 g/mol. The van der Waals surface area contributed by atoms with E-state index < -0.39 is 5.54 Å². The van der Waals surface area contributed by atoms with Crippen LogP contribution in [0.1, 0.15) is 18.4 Å². The van der Waals surface area contributed by atoms with Gasteiger partial charge < -0.3 is 20.3 Å². The number of fused-ring (bicyclic) bond motifs is 1. The van der Waals surface area contributed by atoms with E-state index in [9.17, 15) is 9.18 Å². The van der Waals surface area contributed by atoms with Crippen LogP contribution in [0.3, 0.4) is 0 Å². The molecule has 1 saturated heterocycles. The highest BCUT2D eigenvalue weighted by molar-refractivity contribution is 6.10. The summed E-state index contributed by atoms with van der Waals surface area (Å²) in [4.78, 5) is 19.6. The fourth-order valence-corrected chi connectivity index (χ4v) is 4.19. The average Bonchev–Trinajstić information content (AvgIpc) is 2.76. The van der Waals surface area contributed by atoms with Gasteiger partial charge in [-0.15, -0.1) is 0 Å². The molecule has 2 aliphatic heterocycles. The number of hydrogen-bond acceptors (Lipinski definition) is 4. The lowest BCUT2D eigenvalue weighted by Crippen LogP contribution is -2.62. The minimum atomic E-state index is -0.495. The van der Waals surface area contributed by atoms with Crippen molar-refractivity contribution < 1.29 is 13.9 Å². The molecule has 2 aliphatic rings. The molecule has 0 saturated carbocycles. The van der Waals surface area contributed by atoms with Gasteiger partial charge in [0.1, 0.15) is 17.2 Å². The van der Waals surface area contributed by atoms with Crippen molar-refractivity contribution in [1.82, 2.24) is 4.90 Å². The van der Waals surface area contributed by atoms with Gasteiger partial charge in [-0.25, -0.2) is 4.39 Å². The molecular formula is C23H27FN4O2. The van der Waals surface area contributed by atoms with E-state index in [2.05, 4.69) is 10.6 Å². The Hall–Kier alpha value is -2.93. The first-order valence-electron chi connectivity index (χ1n) is 10.3. The summed E-state index contributed by atoms with van der Waals surface area (Å²) in [5.74, 6) is 0.406. The highest BCUT2D eigenvalue weighted by Crippen LogP contribution is 2.36. The van der Waals surface area contributed by atoms with Crippen LogP contribution in [-0.4, -0.2) is 55.5 Å². The van der Waals surface area contributed by atoms with Gasteiger partial charge in [0, 0.05) is 13.7 Å². The topological polar surface area (TPSA) is 66.0 Å². The van der Waals surface area contributed by atoms with Gasteiger partial charge in [-0.2, -0.15) is 0 Å². The van der Waals surface area contributed by atoms with Gasteiger partial charge in [0.15, 0.2) is 0 Å². The zero-order valence-electron chi connectivity index (χ0n) is 17.2. The molecule has 6 nitrogen and oxygen atoms in total. The summed E-state index contributed by atoms with van der Waals surface area (Å²) >= 11 is 0. The van der Waals surface area contributed by atoms with Gasteiger partial charge in [-0.1, -0.05) is 30.3 Å². The van der Waals surface area contributed by atoms with Crippen molar-refractivity contribution in [3.8, 4) is 0 Å². The van der Waals surface area contributed by atoms with E-state index in [-0.39, 0.29) is 18.1 Å². The lowest BCUT2D eigenvalue weighted by Gasteiger charge is -2.47. The van der Waals surface area contributed by atoms with Crippen molar-refractivity contribution in [3.05, 3.63) is 59.9 Å². The molecule has 2 N–H and O–H groups in total. The number of aliphatic imine (C=N–C) groups is 1. The van der Waals surface area contributed by atoms with Crippen molar-refractivity contribution in [2.45, 2.75) is 24.8 Å². The van der Waals surface area contributed by atoms with E-state index in [4.69, 9.17) is 9.73 Å². The smallest absolute Gasteiger partial charge is 0.227 e. The van der Waals surface area contributed by atoms with Crippen LogP contribution in [0.2, 0.25) is 0 Å². The highest BCUT2D eigenvalue weighted by Gasteiger charge is 2.44. The van der Waals surface area contributed by atoms with Crippen LogP contribution >= 0.6 is 0 Å². The quantitative estimate of drug-likeness (QED) is 0.743. The first kappa shape index (κ1) is 20.3. The third-order valence-corrected chi connectivity index (χ3v) is 5.72. The number of ether oxygens (including phenoxy) is 1. The molecule has 2 aromatic carbocycles. The minimum Gasteiger partial charge on any atom is -0.383 e. The van der Waals surface area contributed by atoms with E-state index in [0.29, 0.717) is 31.8 Å². The van der Waals surface area contributed by atoms with Crippen LogP contribution in [0.15, 0.2) is 53.5 Å². The second kappa shape index (κ2) is 8.83. The highest BCUT2D eigenvalue weighted by atomic mass is 19.1. The molecule has 1 fully saturated rings. The summed E-state index contributed by atoms with van der Waals surface area (Å²) in [6.07, 6.45) is 1.75. The molecule has 1 spiro atoms. The molecule has 1 amide bonds. The minimum absolute atomic E-state index is 0.0585. The largest absolute Gasteiger partial charge is 0.383 e. The Labute approximate surface area is 176 Å². The fourth-order valence-electron chi connectivity index (χ4n) is 4.19. The van der Waals surface area contributed by atoms with Crippen LogP contribution in [0.5, 0.6) is 0 Å². The van der Waals surface area contributed by atoms with E-state index >= 15 is 0 Å². The number of anilines is 2. The number of methoxy groups -OCH3 is 1. The number of halogens is 1. The number of carbonyl (C=O) groups is 1. The van der Waals surface area contributed by atoms with Gasteiger partial charge >= 0.3 is 0 Å². The zero-order valence-corrected chi connectivity index (χ0v) is 17.2. The van der Waals surface area contributed by atoms with Gasteiger partial charge in [0.05, 0.1) is 37.5 Å². The van der Waals surface area contributed by atoms with E-state index in [1.165, 1.54) is 6.07 Å². The number of amides is 1. The molecule has 2 heterocycles. The number of likely N-dealkylation sites (tertiary alicyclic amines) is 1. The third kappa shape index (κ3) is 4.16. The lowest BCUT2D eigenvalue weighted by molar-refractivity contribution is -0.131. The molecule has 0 aromatic heterocycles. The molecule has 1 unspecified atom stereocenters. The molecule has 4 rings (SSSR count). The standard InChI is InChI=1S/C23H27FN4O2/c1-30-14-12-25-22-23(27-20-10-5-4-9-19(20)26-22)11-6-13-28(16-23)21(29)15-17-7-2-3-8-18(17)24/h2-5,7-10,27H,6,11-16H2,1H3,(H,25,26). The summed E-state index contributed by atoms with van der Waals surface area (Å²) < 4.78 is 19.2. The summed E-state index contributed by atoms with van der Waals surface area (Å²) in [5, 5.41) is 7.12. The van der Waals surface area contributed by atoms with Gasteiger partial charge in [0.2, 0.25) is 5.91 Å². The van der Waals surface area contributed by atoms with E-state index in [0.717, 1.165) is 30.1 Å². The number of carbonyl (C=O) groups excluding carboxylic acids is 1. The second-order valence-corrected chi connectivity index (χ2v) is 7.79. The van der Waals surface area contributed by atoms with E-state index in [1.54, 1.807) is 25.3 Å². The maximum Gasteiger partial charge on any atom is 0.227 e. The van der Waals surface area contributed by atoms with Crippen LogP contribution in [0, 0.1) is 5.82 Å². The number of amidine groups is 1. The number of benzene rings is 2. The van der Waals surface area contributed by atoms with Gasteiger partial charge in [-0.05, 0) is 36.6 Å². The van der Waals surface area contributed by atoms with Crippen molar-refractivity contribution in [2.75, 3.05) is 44.0 Å². The SMILES string of the molecule is COCCN=C1Nc2ccccc2NC12CCCN(C(=O)Cc1ccccc1F)C2. The van der Waals surface area contributed by atoms with Crippen molar-refractivity contribution in [1.29, 1.82) is 0 Å². The molecule has 7 heteroatoms. The van der Waals surface area contributed by atoms with Crippen LogP contribution < -0.4 is 10.6 Å². The normalized spacial score (nSPS) is 21.8. The summed E-state index contributed by atoms with van der Waals surface area (Å²) in [6, 6.07) is 14.4. The number of nitrogens with zero attached hydrogens (tertiary/aromatic N) is 2. The molecular weight excluding hydrogens is 383 g/mol. The number of para-hydroxylation sites is 2. The molecule has 158 valence electrons. The Morgan fingerprint density at radius 1 is 1.20 bits per heavy atom. The summed E-state index contributed by atoms with van der Waals surface area (Å²) in [6.45, 7) is 2.20. The van der Waals surface area contributed by atoms with Gasteiger partial charge in [-0.3, -0.25) is 9.79 Å². The molecule has 0 radical (unpaired) electrons.